The van der Waals surface area contributed by atoms with Gasteiger partial charge in [0.25, 0.3) is 5.91 Å². The first-order chi connectivity index (χ1) is 13.1. The molecule has 1 fully saturated rings. The molecule has 140 valence electrons. The van der Waals surface area contributed by atoms with Crippen LogP contribution in [0.4, 0.5) is 0 Å². The maximum atomic E-state index is 12.1. The zero-order valence-electron chi connectivity index (χ0n) is 15.7. The van der Waals surface area contributed by atoms with Crippen molar-refractivity contribution in [2.75, 3.05) is 27.2 Å². The van der Waals surface area contributed by atoms with Gasteiger partial charge in [0, 0.05) is 37.3 Å². The highest BCUT2D eigenvalue weighted by Crippen LogP contribution is 2.31. The molecule has 0 radical (unpaired) electrons. The van der Waals surface area contributed by atoms with Crippen molar-refractivity contribution in [3.05, 3.63) is 53.5 Å². The van der Waals surface area contributed by atoms with Gasteiger partial charge in [0.1, 0.15) is 0 Å². The van der Waals surface area contributed by atoms with E-state index in [1.807, 2.05) is 12.1 Å². The third-order valence-electron chi connectivity index (χ3n) is 4.91. The van der Waals surface area contributed by atoms with Crippen molar-refractivity contribution in [2.24, 2.45) is 5.92 Å². The summed E-state index contributed by atoms with van der Waals surface area (Å²) in [5, 5.41) is 8.17. The van der Waals surface area contributed by atoms with Crippen LogP contribution in [-0.2, 0) is 6.54 Å². The van der Waals surface area contributed by atoms with Gasteiger partial charge < -0.3 is 10.2 Å². The van der Waals surface area contributed by atoms with Crippen molar-refractivity contribution in [3.63, 3.8) is 0 Å². The molecule has 3 aromatic rings. The highest BCUT2D eigenvalue weighted by atomic mass is 32.1. The van der Waals surface area contributed by atoms with E-state index in [9.17, 15) is 4.79 Å². The van der Waals surface area contributed by atoms with Crippen LogP contribution in [0, 0.1) is 5.92 Å². The van der Waals surface area contributed by atoms with Crippen LogP contribution in [0.5, 0.6) is 0 Å². The molecule has 1 aromatic carbocycles. The molecule has 1 N–H and O–H groups in total. The summed E-state index contributed by atoms with van der Waals surface area (Å²) in [6, 6.07) is 14.4. The fraction of sp³-hybridized carbons (Fsp3) is 0.333. The first-order valence-corrected chi connectivity index (χ1v) is 10.1. The summed E-state index contributed by atoms with van der Waals surface area (Å²) in [5.74, 6) is 0.713. The maximum Gasteiger partial charge on any atom is 0.263 e. The van der Waals surface area contributed by atoms with Gasteiger partial charge >= 0.3 is 0 Å². The molecule has 4 rings (SSSR count). The van der Waals surface area contributed by atoms with Crippen LogP contribution in [0.15, 0.2) is 48.7 Å². The molecular weight excluding hydrogens is 356 g/mol. The van der Waals surface area contributed by atoms with Crippen LogP contribution in [0.1, 0.15) is 16.1 Å². The fourth-order valence-corrected chi connectivity index (χ4v) is 4.44. The molecule has 0 spiro atoms. The van der Waals surface area contributed by atoms with Crippen molar-refractivity contribution < 1.29 is 4.79 Å². The van der Waals surface area contributed by atoms with Gasteiger partial charge in [0.2, 0.25) is 0 Å². The van der Waals surface area contributed by atoms with Crippen LogP contribution in [-0.4, -0.2) is 47.8 Å². The molecule has 0 aliphatic carbocycles. The predicted molar refractivity (Wildman–Crippen MR) is 110 cm³/mol. The Balaban J connectivity index is 1.54. The number of thiophene rings is 1. The Morgan fingerprint density at radius 3 is 2.89 bits per heavy atom. The molecule has 1 aliphatic rings. The lowest BCUT2D eigenvalue weighted by Gasteiger charge is -2.08. The molecule has 2 aromatic heterocycles. The molecule has 1 unspecified atom stereocenters. The molecule has 1 atom stereocenters. The number of hydrogen-bond donors (Lipinski definition) is 1. The van der Waals surface area contributed by atoms with Crippen LogP contribution in [0.25, 0.3) is 21.7 Å². The normalized spacial score (nSPS) is 16.6. The molecule has 1 amide bonds. The summed E-state index contributed by atoms with van der Waals surface area (Å²) >= 11 is 1.53. The molecule has 1 saturated heterocycles. The van der Waals surface area contributed by atoms with E-state index in [2.05, 4.69) is 46.5 Å². The number of carbonyl (C=O) groups excluding carboxylic acids is 1. The topological polar surface area (TPSA) is 50.2 Å². The smallest absolute Gasteiger partial charge is 0.263 e. The van der Waals surface area contributed by atoms with E-state index in [0.717, 1.165) is 46.2 Å². The van der Waals surface area contributed by atoms with Crippen LogP contribution in [0.2, 0.25) is 0 Å². The lowest BCUT2D eigenvalue weighted by molar-refractivity contribution is 0.0832. The number of carbonyl (C=O) groups is 1. The van der Waals surface area contributed by atoms with Gasteiger partial charge in [-0.2, -0.15) is 5.10 Å². The number of rotatable bonds is 5. The zero-order chi connectivity index (χ0) is 18.8. The van der Waals surface area contributed by atoms with Gasteiger partial charge in [-0.1, -0.05) is 18.2 Å². The summed E-state index contributed by atoms with van der Waals surface area (Å²) < 4.78 is 2.05. The SMILES string of the molecule is CN(C)C(=O)c1ccc(-c2cccc(-c3ccn(CC4CCNC4)n3)c2)s1. The average molecular weight is 381 g/mol. The molecule has 6 heteroatoms. The van der Waals surface area contributed by atoms with E-state index in [1.165, 1.54) is 17.8 Å². The van der Waals surface area contributed by atoms with Crippen LogP contribution >= 0.6 is 11.3 Å². The van der Waals surface area contributed by atoms with Crippen molar-refractivity contribution in [1.82, 2.24) is 20.0 Å². The molecule has 27 heavy (non-hydrogen) atoms. The van der Waals surface area contributed by atoms with Gasteiger partial charge in [-0.25, -0.2) is 0 Å². The van der Waals surface area contributed by atoms with Crippen LogP contribution < -0.4 is 5.32 Å². The number of amides is 1. The molecule has 5 nitrogen and oxygen atoms in total. The van der Waals surface area contributed by atoms with E-state index in [0.29, 0.717) is 5.92 Å². The van der Waals surface area contributed by atoms with E-state index in [1.54, 1.807) is 19.0 Å². The van der Waals surface area contributed by atoms with Crippen LogP contribution in [0.3, 0.4) is 0 Å². The Morgan fingerprint density at radius 1 is 1.26 bits per heavy atom. The number of hydrogen-bond acceptors (Lipinski definition) is 4. The minimum Gasteiger partial charge on any atom is -0.344 e. The van der Waals surface area contributed by atoms with E-state index in [4.69, 9.17) is 5.10 Å². The average Bonchev–Trinajstić information content (AvgIpc) is 3.43. The summed E-state index contributed by atoms with van der Waals surface area (Å²) in [6.07, 6.45) is 3.29. The van der Waals surface area contributed by atoms with Gasteiger partial charge in [-0.15, -0.1) is 11.3 Å². The molecule has 1 aliphatic heterocycles. The minimum atomic E-state index is 0.0440. The Bertz CT molecular complexity index is 937. The number of benzene rings is 1. The first-order valence-electron chi connectivity index (χ1n) is 9.26. The Morgan fingerprint density at radius 2 is 2.11 bits per heavy atom. The summed E-state index contributed by atoms with van der Waals surface area (Å²) in [7, 11) is 3.56. The third-order valence-corrected chi connectivity index (χ3v) is 6.04. The number of aromatic nitrogens is 2. The van der Waals surface area contributed by atoms with Gasteiger partial charge in [-0.05, 0) is 55.3 Å². The van der Waals surface area contributed by atoms with Gasteiger partial charge in [0.05, 0.1) is 10.6 Å². The van der Waals surface area contributed by atoms with Gasteiger partial charge in [0.15, 0.2) is 0 Å². The number of nitrogens with one attached hydrogen (secondary N) is 1. The second-order valence-electron chi connectivity index (χ2n) is 7.23. The predicted octanol–water partition coefficient (Wildman–Crippen LogP) is 3.59. The lowest BCUT2D eigenvalue weighted by Crippen LogP contribution is -2.20. The quantitative estimate of drug-likeness (QED) is 0.736. The maximum absolute atomic E-state index is 12.1. The molecule has 0 saturated carbocycles. The Kier molecular flexibility index (Phi) is 5.09. The second kappa shape index (κ2) is 7.66. The first kappa shape index (κ1) is 17.9. The van der Waals surface area contributed by atoms with E-state index < -0.39 is 0 Å². The summed E-state index contributed by atoms with van der Waals surface area (Å²) in [4.78, 5) is 15.6. The van der Waals surface area contributed by atoms with Crippen molar-refractivity contribution in [2.45, 2.75) is 13.0 Å². The Hall–Kier alpha value is -2.44. The Labute approximate surface area is 163 Å². The van der Waals surface area contributed by atoms with E-state index in [-0.39, 0.29) is 5.91 Å². The van der Waals surface area contributed by atoms with Gasteiger partial charge in [-0.3, -0.25) is 9.48 Å². The molecule has 3 heterocycles. The molecule has 0 bridgehead atoms. The zero-order valence-corrected chi connectivity index (χ0v) is 16.5. The number of nitrogens with zero attached hydrogens (tertiary/aromatic N) is 3. The second-order valence-corrected chi connectivity index (χ2v) is 8.31. The minimum absolute atomic E-state index is 0.0440. The lowest BCUT2D eigenvalue weighted by atomic mass is 10.1. The monoisotopic (exact) mass is 380 g/mol. The van der Waals surface area contributed by atoms with E-state index >= 15 is 0 Å². The van der Waals surface area contributed by atoms with Crippen molar-refractivity contribution >= 4 is 17.2 Å². The van der Waals surface area contributed by atoms with Crippen molar-refractivity contribution in [3.8, 4) is 21.7 Å². The molecular formula is C21H24N4OS. The van der Waals surface area contributed by atoms with Crippen molar-refractivity contribution in [1.29, 1.82) is 0 Å². The standard InChI is InChI=1S/C21H24N4OS/c1-24(2)21(26)20-7-6-19(27-20)17-5-3-4-16(12-17)18-9-11-25(23-18)14-15-8-10-22-13-15/h3-7,9,11-12,15,22H,8,10,13-14H2,1-2H3. The highest BCUT2D eigenvalue weighted by molar-refractivity contribution is 7.17. The fourth-order valence-electron chi connectivity index (χ4n) is 3.41. The largest absolute Gasteiger partial charge is 0.344 e. The summed E-state index contributed by atoms with van der Waals surface area (Å²) in [5.41, 5.74) is 3.21. The highest BCUT2D eigenvalue weighted by Gasteiger charge is 2.16. The third kappa shape index (κ3) is 3.96. The summed E-state index contributed by atoms with van der Waals surface area (Å²) in [6.45, 7) is 3.16.